The molecule has 1 fully saturated rings. The Morgan fingerprint density at radius 2 is 1.72 bits per heavy atom. The Kier molecular flexibility index (Phi) is 5.61. The molecule has 2 heterocycles. The van der Waals surface area contributed by atoms with Crippen LogP contribution in [0.15, 0.2) is 53.4 Å². The highest BCUT2D eigenvalue weighted by molar-refractivity contribution is 7.89. The van der Waals surface area contributed by atoms with Crippen LogP contribution in [-0.2, 0) is 21.2 Å². The molecule has 29 heavy (non-hydrogen) atoms. The number of para-hydroxylation sites is 1. The van der Waals surface area contributed by atoms with Gasteiger partial charge in [0.1, 0.15) is 0 Å². The number of likely N-dealkylation sites (N-methyl/N-ethyl adjacent to an activating group) is 1. The minimum atomic E-state index is -3.44. The smallest absolute Gasteiger partial charge is 0.246 e. The molecular formula is C22H27N3O3S. The van der Waals surface area contributed by atoms with Crippen molar-refractivity contribution in [1.29, 1.82) is 0 Å². The van der Waals surface area contributed by atoms with Crippen LogP contribution in [0.1, 0.15) is 24.8 Å². The van der Waals surface area contributed by atoms with Crippen molar-refractivity contribution in [3.63, 3.8) is 0 Å². The second-order valence-corrected chi connectivity index (χ2v) is 9.68. The Labute approximate surface area is 172 Å². The van der Waals surface area contributed by atoms with Gasteiger partial charge in [0.2, 0.25) is 15.9 Å². The average Bonchev–Trinajstić information content (AvgIpc) is 3.29. The Balaban J connectivity index is 1.54. The van der Waals surface area contributed by atoms with Gasteiger partial charge in [0.15, 0.2) is 0 Å². The lowest BCUT2D eigenvalue weighted by Gasteiger charge is -2.32. The summed E-state index contributed by atoms with van der Waals surface area (Å²) in [4.78, 5) is 17.1. The highest BCUT2D eigenvalue weighted by atomic mass is 32.2. The van der Waals surface area contributed by atoms with E-state index in [4.69, 9.17) is 0 Å². The summed E-state index contributed by atoms with van der Waals surface area (Å²) in [5.41, 5.74) is 2.76. The van der Waals surface area contributed by atoms with Crippen molar-refractivity contribution in [3.8, 4) is 0 Å². The molecule has 1 saturated heterocycles. The predicted octanol–water partition coefficient (Wildman–Crippen LogP) is 2.89. The molecule has 2 aliphatic heterocycles. The van der Waals surface area contributed by atoms with E-state index >= 15 is 0 Å². The van der Waals surface area contributed by atoms with Crippen molar-refractivity contribution in [1.82, 2.24) is 4.31 Å². The van der Waals surface area contributed by atoms with Crippen LogP contribution in [0.4, 0.5) is 11.4 Å². The molecule has 0 atom stereocenters. The Bertz CT molecular complexity index is 986. The second kappa shape index (κ2) is 8.16. The number of benzene rings is 2. The number of amides is 1. The van der Waals surface area contributed by atoms with Gasteiger partial charge < -0.3 is 9.80 Å². The van der Waals surface area contributed by atoms with E-state index in [0.29, 0.717) is 24.5 Å². The van der Waals surface area contributed by atoms with Gasteiger partial charge >= 0.3 is 0 Å². The van der Waals surface area contributed by atoms with Crippen LogP contribution in [0.5, 0.6) is 0 Å². The monoisotopic (exact) mass is 413 g/mol. The summed E-state index contributed by atoms with van der Waals surface area (Å²) in [6.07, 6.45) is 3.46. The molecule has 0 N–H and O–H groups in total. The summed E-state index contributed by atoms with van der Waals surface area (Å²) in [6, 6.07) is 15.0. The number of aryl methyl sites for hydroxylation is 1. The topological polar surface area (TPSA) is 60.9 Å². The van der Waals surface area contributed by atoms with Crippen LogP contribution in [0.3, 0.4) is 0 Å². The standard InChI is InChI=1S/C22H27N3O3S/c1-23(19-9-3-2-4-10-19)17-22(26)25-15-7-8-18-16-20(11-12-21(18)25)29(27,28)24-13-5-6-14-24/h2-4,9-12,16H,5-8,13-15,17H2,1H3. The van der Waals surface area contributed by atoms with Gasteiger partial charge in [-0.1, -0.05) is 18.2 Å². The van der Waals surface area contributed by atoms with Crippen LogP contribution in [0, 0.1) is 0 Å². The summed E-state index contributed by atoms with van der Waals surface area (Å²) in [5, 5.41) is 0. The summed E-state index contributed by atoms with van der Waals surface area (Å²) >= 11 is 0. The highest BCUT2D eigenvalue weighted by Gasteiger charge is 2.30. The van der Waals surface area contributed by atoms with E-state index in [0.717, 1.165) is 42.6 Å². The van der Waals surface area contributed by atoms with Gasteiger partial charge in [-0.3, -0.25) is 4.79 Å². The molecule has 154 valence electrons. The molecule has 2 aliphatic rings. The molecule has 6 nitrogen and oxygen atoms in total. The fourth-order valence-electron chi connectivity index (χ4n) is 4.13. The molecule has 0 saturated carbocycles. The van der Waals surface area contributed by atoms with E-state index in [1.807, 2.05) is 42.3 Å². The van der Waals surface area contributed by atoms with E-state index in [1.165, 1.54) is 0 Å². The first-order chi connectivity index (χ1) is 14.0. The minimum absolute atomic E-state index is 0.0208. The van der Waals surface area contributed by atoms with Crippen LogP contribution in [0.25, 0.3) is 0 Å². The maximum absolute atomic E-state index is 13.0. The molecule has 0 aliphatic carbocycles. The van der Waals surface area contributed by atoms with Crippen molar-refractivity contribution in [3.05, 3.63) is 54.1 Å². The Hall–Kier alpha value is -2.38. The van der Waals surface area contributed by atoms with Crippen LogP contribution in [-0.4, -0.2) is 51.9 Å². The third-order valence-electron chi connectivity index (χ3n) is 5.74. The number of carbonyl (C=O) groups excluding carboxylic acids is 1. The molecule has 2 aromatic rings. The first-order valence-corrected chi connectivity index (χ1v) is 11.6. The minimum Gasteiger partial charge on any atom is -0.365 e. The zero-order chi connectivity index (χ0) is 20.4. The van der Waals surface area contributed by atoms with Crippen molar-refractivity contribution < 1.29 is 13.2 Å². The van der Waals surface area contributed by atoms with Gasteiger partial charge in [-0.05, 0) is 61.6 Å². The molecule has 0 bridgehead atoms. The first kappa shape index (κ1) is 19.9. The number of anilines is 2. The van der Waals surface area contributed by atoms with E-state index in [1.54, 1.807) is 27.4 Å². The van der Waals surface area contributed by atoms with Gasteiger partial charge in [-0.15, -0.1) is 0 Å². The quantitative estimate of drug-likeness (QED) is 0.756. The lowest BCUT2D eigenvalue weighted by atomic mass is 10.0. The first-order valence-electron chi connectivity index (χ1n) is 10.2. The third-order valence-corrected chi connectivity index (χ3v) is 7.64. The van der Waals surface area contributed by atoms with Crippen LogP contribution >= 0.6 is 0 Å². The Morgan fingerprint density at radius 1 is 1.00 bits per heavy atom. The summed E-state index contributed by atoms with van der Waals surface area (Å²) in [7, 11) is -1.54. The molecule has 0 aromatic heterocycles. The van der Waals surface area contributed by atoms with E-state index in [-0.39, 0.29) is 12.5 Å². The lowest BCUT2D eigenvalue weighted by Crippen LogP contribution is -2.42. The van der Waals surface area contributed by atoms with Crippen molar-refractivity contribution in [2.24, 2.45) is 0 Å². The molecule has 4 rings (SSSR count). The van der Waals surface area contributed by atoms with E-state index < -0.39 is 10.0 Å². The normalized spacial score (nSPS) is 17.2. The van der Waals surface area contributed by atoms with Gasteiger partial charge in [0.05, 0.1) is 11.4 Å². The molecule has 0 unspecified atom stereocenters. The number of nitrogens with zero attached hydrogens (tertiary/aromatic N) is 3. The maximum atomic E-state index is 13.0. The summed E-state index contributed by atoms with van der Waals surface area (Å²) in [5.74, 6) is 0.0208. The number of hydrogen-bond acceptors (Lipinski definition) is 4. The van der Waals surface area contributed by atoms with E-state index in [9.17, 15) is 13.2 Å². The molecular weight excluding hydrogens is 386 g/mol. The molecule has 2 aromatic carbocycles. The SMILES string of the molecule is CN(CC(=O)N1CCCc2cc(S(=O)(=O)N3CCCC3)ccc21)c1ccccc1. The number of sulfonamides is 1. The predicted molar refractivity (Wildman–Crippen MR) is 115 cm³/mol. The van der Waals surface area contributed by atoms with Gasteiger partial charge in [-0.2, -0.15) is 4.31 Å². The Morgan fingerprint density at radius 3 is 2.45 bits per heavy atom. The lowest BCUT2D eigenvalue weighted by molar-refractivity contribution is -0.117. The molecule has 7 heteroatoms. The van der Waals surface area contributed by atoms with Gasteiger partial charge in [0, 0.05) is 38.1 Å². The summed E-state index contributed by atoms with van der Waals surface area (Å²) in [6.45, 7) is 2.12. The van der Waals surface area contributed by atoms with Crippen LogP contribution < -0.4 is 9.80 Å². The number of rotatable bonds is 5. The van der Waals surface area contributed by atoms with Crippen molar-refractivity contribution in [2.75, 3.05) is 43.0 Å². The number of fused-ring (bicyclic) bond motifs is 1. The second-order valence-electron chi connectivity index (χ2n) is 7.74. The fourth-order valence-corrected chi connectivity index (χ4v) is 5.70. The molecule has 0 radical (unpaired) electrons. The van der Waals surface area contributed by atoms with Crippen molar-refractivity contribution in [2.45, 2.75) is 30.6 Å². The zero-order valence-corrected chi connectivity index (χ0v) is 17.6. The van der Waals surface area contributed by atoms with Crippen molar-refractivity contribution >= 4 is 27.3 Å². The zero-order valence-electron chi connectivity index (χ0n) is 16.8. The van der Waals surface area contributed by atoms with Crippen LogP contribution in [0.2, 0.25) is 0 Å². The van der Waals surface area contributed by atoms with Gasteiger partial charge in [0.25, 0.3) is 0 Å². The number of hydrogen-bond donors (Lipinski definition) is 0. The third kappa shape index (κ3) is 4.02. The summed E-state index contributed by atoms with van der Waals surface area (Å²) < 4.78 is 27.3. The molecule has 1 amide bonds. The average molecular weight is 414 g/mol. The fraction of sp³-hybridized carbons (Fsp3) is 0.409. The molecule has 0 spiro atoms. The number of carbonyl (C=O) groups is 1. The largest absolute Gasteiger partial charge is 0.365 e. The van der Waals surface area contributed by atoms with E-state index in [2.05, 4.69) is 0 Å². The highest BCUT2D eigenvalue weighted by Crippen LogP contribution is 2.31. The van der Waals surface area contributed by atoms with Gasteiger partial charge in [-0.25, -0.2) is 8.42 Å². The maximum Gasteiger partial charge on any atom is 0.246 e.